The van der Waals surface area contributed by atoms with Crippen molar-refractivity contribution in [3.63, 3.8) is 0 Å². The number of carbonyl (C=O) groups excluding carboxylic acids is 2. The van der Waals surface area contributed by atoms with E-state index in [2.05, 4.69) is 10.2 Å². The van der Waals surface area contributed by atoms with Gasteiger partial charge in [-0.15, -0.1) is 0 Å². The summed E-state index contributed by atoms with van der Waals surface area (Å²) in [5.74, 6) is -0.251. The van der Waals surface area contributed by atoms with E-state index in [1.54, 1.807) is 11.8 Å². The lowest BCUT2D eigenvalue weighted by atomic mass is 9.90. The van der Waals surface area contributed by atoms with Crippen molar-refractivity contribution in [2.75, 3.05) is 27.2 Å². The summed E-state index contributed by atoms with van der Waals surface area (Å²) in [6.07, 6.45) is 0.829. The zero-order chi connectivity index (χ0) is 14.8. The van der Waals surface area contributed by atoms with Crippen LogP contribution in [0.5, 0.6) is 0 Å². The number of nitrogens with one attached hydrogen (secondary N) is 1. The van der Waals surface area contributed by atoms with Gasteiger partial charge in [-0.3, -0.25) is 10.1 Å². The molecule has 1 atom stereocenters. The zero-order valence-electron chi connectivity index (χ0n) is 12.2. The highest BCUT2D eigenvalue weighted by atomic mass is 16.2. The second kappa shape index (κ2) is 5.63. The number of hydrogen-bond acceptors (Lipinski definition) is 3. The maximum atomic E-state index is 12.2. The smallest absolute Gasteiger partial charge is 0.309 e. The average Bonchev–Trinajstić information content (AvgIpc) is 2.63. The van der Waals surface area contributed by atoms with E-state index >= 15 is 0 Å². The molecule has 0 radical (unpaired) electrons. The molecule has 1 fully saturated rings. The van der Waals surface area contributed by atoms with E-state index in [0.29, 0.717) is 6.54 Å². The van der Waals surface area contributed by atoms with Crippen molar-refractivity contribution in [2.45, 2.75) is 18.9 Å². The van der Waals surface area contributed by atoms with Crippen LogP contribution in [-0.4, -0.2) is 48.9 Å². The van der Waals surface area contributed by atoms with Gasteiger partial charge in [0.1, 0.15) is 5.54 Å². The number of amides is 3. The van der Waals surface area contributed by atoms with Crippen LogP contribution in [0, 0.1) is 0 Å². The molecule has 5 nitrogen and oxygen atoms in total. The molecule has 1 aliphatic heterocycles. The van der Waals surface area contributed by atoms with Crippen LogP contribution in [0.3, 0.4) is 0 Å². The fourth-order valence-corrected chi connectivity index (χ4v) is 2.53. The third-order valence-electron chi connectivity index (χ3n) is 3.77. The van der Waals surface area contributed by atoms with Gasteiger partial charge >= 0.3 is 6.03 Å². The molecule has 108 valence electrons. The number of benzene rings is 1. The van der Waals surface area contributed by atoms with Gasteiger partial charge < -0.3 is 9.80 Å². The van der Waals surface area contributed by atoms with Gasteiger partial charge in [0.25, 0.3) is 5.91 Å². The Kier molecular flexibility index (Phi) is 4.09. The fraction of sp³-hybridized carbons (Fsp3) is 0.467. The van der Waals surface area contributed by atoms with E-state index in [4.69, 9.17) is 0 Å². The minimum Gasteiger partial charge on any atom is -0.309 e. The van der Waals surface area contributed by atoms with Crippen LogP contribution in [0.2, 0.25) is 0 Å². The molecule has 1 aliphatic rings. The van der Waals surface area contributed by atoms with Crippen LogP contribution in [-0.2, 0) is 10.3 Å². The number of imide groups is 1. The van der Waals surface area contributed by atoms with Crippen molar-refractivity contribution in [1.29, 1.82) is 0 Å². The Labute approximate surface area is 119 Å². The van der Waals surface area contributed by atoms with Crippen molar-refractivity contribution in [3.05, 3.63) is 35.9 Å². The standard InChI is InChI=1S/C15H21N3O2/c1-15(12-8-5-4-6-9-12)13(19)16-14(20)18(15)11-7-10-17(2)3/h4-6,8-9H,7,10-11H2,1-3H3,(H,16,19,20). The van der Waals surface area contributed by atoms with Crippen molar-refractivity contribution < 1.29 is 9.59 Å². The first kappa shape index (κ1) is 14.5. The molecule has 0 saturated carbocycles. The van der Waals surface area contributed by atoms with E-state index in [1.807, 2.05) is 44.4 Å². The molecule has 1 heterocycles. The summed E-state index contributed by atoms with van der Waals surface area (Å²) >= 11 is 0. The normalized spacial score (nSPS) is 22.5. The van der Waals surface area contributed by atoms with Gasteiger partial charge in [0.2, 0.25) is 0 Å². The van der Waals surface area contributed by atoms with Gasteiger partial charge in [-0.2, -0.15) is 0 Å². The van der Waals surface area contributed by atoms with Crippen LogP contribution < -0.4 is 5.32 Å². The Morgan fingerprint density at radius 1 is 1.20 bits per heavy atom. The Morgan fingerprint density at radius 2 is 1.85 bits per heavy atom. The molecule has 1 aromatic rings. The molecular formula is C15H21N3O2. The quantitative estimate of drug-likeness (QED) is 0.827. The van der Waals surface area contributed by atoms with Gasteiger partial charge in [-0.1, -0.05) is 30.3 Å². The van der Waals surface area contributed by atoms with Crippen molar-refractivity contribution in [3.8, 4) is 0 Å². The molecule has 1 unspecified atom stereocenters. The van der Waals surface area contributed by atoms with Crippen LogP contribution in [0.25, 0.3) is 0 Å². The van der Waals surface area contributed by atoms with Crippen LogP contribution in [0.4, 0.5) is 4.79 Å². The van der Waals surface area contributed by atoms with Gasteiger partial charge in [0, 0.05) is 6.54 Å². The minimum atomic E-state index is -0.912. The highest BCUT2D eigenvalue weighted by molar-refractivity contribution is 6.07. The topological polar surface area (TPSA) is 52.6 Å². The SMILES string of the molecule is CN(C)CCCN1C(=O)NC(=O)C1(C)c1ccccc1. The summed E-state index contributed by atoms with van der Waals surface area (Å²) in [4.78, 5) is 28.0. The third kappa shape index (κ3) is 2.54. The first-order chi connectivity index (χ1) is 9.46. The van der Waals surface area contributed by atoms with E-state index in [0.717, 1.165) is 18.5 Å². The number of rotatable bonds is 5. The molecule has 0 aliphatic carbocycles. The summed E-state index contributed by atoms with van der Waals surface area (Å²) < 4.78 is 0. The maximum absolute atomic E-state index is 12.2. The van der Waals surface area contributed by atoms with Crippen LogP contribution >= 0.6 is 0 Å². The number of urea groups is 1. The second-order valence-electron chi connectivity index (χ2n) is 5.51. The zero-order valence-corrected chi connectivity index (χ0v) is 12.2. The lowest BCUT2D eigenvalue weighted by Crippen LogP contribution is -2.45. The summed E-state index contributed by atoms with van der Waals surface area (Å²) in [6, 6.07) is 9.13. The molecule has 3 amide bonds. The summed E-state index contributed by atoms with van der Waals surface area (Å²) in [6.45, 7) is 3.24. The maximum Gasteiger partial charge on any atom is 0.325 e. The van der Waals surface area contributed by atoms with Crippen molar-refractivity contribution in [1.82, 2.24) is 15.1 Å². The minimum absolute atomic E-state index is 0.251. The lowest BCUT2D eigenvalue weighted by Gasteiger charge is -2.32. The fourth-order valence-electron chi connectivity index (χ4n) is 2.53. The van der Waals surface area contributed by atoms with E-state index in [9.17, 15) is 9.59 Å². The van der Waals surface area contributed by atoms with Gasteiger partial charge in [-0.05, 0) is 39.5 Å². The molecule has 1 aromatic carbocycles. The first-order valence-electron chi connectivity index (χ1n) is 6.79. The highest BCUT2D eigenvalue weighted by Crippen LogP contribution is 2.32. The second-order valence-corrected chi connectivity index (χ2v) is 5.51. The lowest BCUT2D eigenvalue weighted by molar-refractivity contribution is -0.126. The molecule has 5 heteroatoms. The van der Waals surface area contributed by atoms with E-state index in [-0.39, 0.29) is 11.9 Å². The van der Waals surface area contributed by atoms with Gasteiger partial charge in [0.15, 0.2) is 0 Å². The molecule has 0 aromatic heterocycles. The molecule has 0 bridgehead atoms. The Morgan fingerprint density at radius 3 is 2.45 bits per heavy atom. The number of nitrogens with zero attached hydrogens (tertiary/aromatic N) is 2. The van der Waals surface area contributed by atoms with Crippen LogP contribution in [0.1, 0.15) is 18.9 Å². The predicted octanol–water partition coefficient (Wildman–Crippen LogP) is 1.41. The van der Waals surface area contributed by atoms with E-state index in [1.165, 1.54) is 0 Å². The van der Waals surface area contributed by atoms with Gasteiger partial charge in [0.05, 0.1) is 0 Å². The first-order valence-corrected chi connectivity index (χ1v) is 6.79. The molecule has 2 rings (SSSR count). The molecular weight excluding hydrogens is 254 g/mol. The van der Waals surface area contributed by atoms with Gasteiger partial charge in [-0.25, -0.2) is 4.79 Å². The summed E-state index contributed by atoms with van der Waals surface area (Å²) in [5, 5.41) is 2.43. The Hall–Kier alpha value is -1.88. The molecule has 1 N–H and O–H groups in total. The van der Waals surface area contributed by atoms with Crippen LogP contribution in [0.15, 0.2) is 30.3 Å². The molecule has 0 spiro atoms. The average molecular weight is 275 g/mol. The third-order valence-corrected chi connectivity index (χ3v) is 3.77. The number of hydrogen-bond donors (Lipinski definition) is 1. The van der Waals surface area contributed by atoms with Crippen molar-refractivity contribution >= 4 is 11.9 Å². The highest BCUT2D eigenvalue weighted by Gasteiger charge is 2.49. The summed E-state index contributed by atoms with van der Waals surface area (Å²) in [7, 11) is 3.98. The van der Waals surface area contributed by atoms with E-state index < -0.39 is 5.54 Å². The Balaban J connectivity index is 2.23. The summed E-state index contributed by atoms with van der Waals surface area (Å²) in [5.41, 5.74) is -0.0711. The monoisotopic (exact) mass is 275 g/mol. The van der Waals surface area contributed by atoms with Crippen molar-refractivity contribution in [2.24, 2.45) is 0 Å². The largest absolute Gasteiger partial charge is 0.325 e. The Bertz CT molecular complexity index is 501. The predicted molar refractivity (Wildman–Crippen MR) is 77.2 cm³/mol. The molecule has 20 heavy (non-hydrogen) atoms. The molecule has 1 saturated heterocycles. The number of carbonyl (C=O) groups is 2.